The highest BCUT2D eigenvalue weighted by molar-refractivity contribution is 5.93. The summed E-state index contributed by atoms with van der Waals surface area (Å²) < 4.78 is 48.8. The molecule has 138 valence electrons. The summed E-state index contributed by atoms with van der Waals surface area (Å²) in [6.45, 7) is 0. The molecule has 1 heterocycles. The van der Waals surface area contributed by atoms with Gasteiger partial charge in [-0.3, -0.25) is 4.79 Å². The van der Waals surface area contributed by atoms with Crippen LogP contribution in [0, 0.1) is 0 Å². The van der Waals surface area contributed by atoms with E-state index in [1.807, 2.05) is 0 Å². The number of aromatic nitrogens is 1. The van der Waals surface area contributed by atoms with Gasteiger partial charge in [0, 0.05) is 0 Å². The molecule has 6 nitrogen and oxygen atoms in total. The van der Waals surface area contributed by atoms with E-state index < -0.39 is 30.0 Å². The number of anilines is 1. The number of carbonyl (C=O) groups is 2. The number of halogens is 3. The number of ether oxygens (including phenoxy) is 2. The molecule has 0 aliphatic heterocycles. The lowest BCUT2D eigenvalue weighted by Crippen LogP contribution is -2.18. The summed E-state index contributed by atoms with van der Waals surface area (Å²) in [5.41, 5.74) is -0.842. The number of pyridine rings is 1. The van der Waals surface area contributed by atoms with Crippen molar-refractivity contribution in [2.45, 2.75) is 12.6 Å². The van der Waals surface area contributed by atoms with Crippen molar-refractivity contribution in [1.29, 1.82) is 0 Å². The minimum Gasteiger partial charge on any atom is -0.497 e. The Balaban J connectivity index is 2.14. The van der Waals surface area contributed by atoms with Crippen LogP contribution in [0.4, 0.5) is 18.9 Å². The molecule has 0 spiro atoms. The summed E-state index contributed by atoms with van der Waals surface area (Å²) in [6.07, 6.45) is -3.89. The molecule has 0 aliphatic rings. The molecule has 1 aromatic carbocycles. The fourth-order valence-electron chi connectivity index (χ4n) is 2.17. The lowest BCUT2D eigenvalue weighted by molar-refractivity contribution is -0.138. The molecule has 1 aromatic heterocycles. The van der Waals surface area contributed by atoms with Crippen molar-refractivity contribution in [3.05, 3.63) is 53.3 Å². The molecule has 0 unspecified atom stereocenters. The van der Waals surface area contributed by atoms with Crippen LogP contribution in [-0.2, 0) is 22.1 Å². The number of alkyl halides is 3. The number of benzene rings is 1. The first kappa shape index (κ1) is 19.2. The molecule has 26 heavy (non-hydrogen) atoms. The summed E-state index contributed by atoms with van der Waals surface area (Å²) in [5, 5.41) is 2.43. The van der Waals surface area contributed by atoms with Crippen LogP contribution in [0.25, 0.3) is 0 Å². The van der Waals surface area contributed by atoms with Gasteiger partial charge >= 0.3 is 12.1 Å². The Hall–Kier alpha value is -3.10. The molecule has 2 aromatic rings. The molecular weight excluding hydrogens is 353 g/mol. The van der Waals surface area contributed by atoms with Gasteiger partial charge in [-0.25, -0.2) is 9.78 Å². The van der Waals surface area contributed by atoms with Crippen LogP contribution in [0.3, 0.4) is 0 Å². The fraction of sp³-hybridized carbons (Fsp3) is 0.235. The van der Waals surface area contributed by atoms with Crippen LogP contribution in [0.5, 0.6) is 5.75 Å². The Kier molecular flexibility index (Phi) is 5.81. The topological polar surface area (TPSA) is 77.5 Å². The zero-order valence-corrected chi connectivity index (χ0v) is 13.9. The first-order valence-electron chi connectivity index (χ1n) is 7.33. The minimum atomic E-state index is -4.62. The quantitative estimate of drug-likeness (QED) is 0.821. The smallest absolute Gasteiger partial charge is 0.416 e. The highest BCUT2D eigenvalue weighted by Gasteiger charge is 2.34. The number of rotatable bonds is 5. The van der Waals surface area contributed by atoms with Gasteiger partial charge in [0.1, 0.15) is 11.4 Å². The number of hydrogen-bond acceptors (Lipinski definition) is 5. The van der Waals surface area contributed by atoms with E-state index in [1.54, 1.807) is 0 Å². The van der Waals surface area contributed by atoms with E-state index in [0.29, 0.717) is 0 Å². The van der Waals surface area contributed by atoms with Crippen LogP contribution >= 0.6 is 0 Å². The van der Waals surface area contributed by atoms with Crippen molar-refractivity contribution >= 4 is 17.6 Å². The van der Waals surface area contributed by atoms with Crippen LogP contribution in [0.2, 0.25) is 0 Å². The summed E-state index contributed by atoms with van der Waals surface area (Å²) in [4.78, 5) is 27.1. The van der Waals surface area contributed by atoms with Crippen molar-refractivity contribution in [3.63, 3.8) is 0 Å². The van der Waals surface area contributed by atoms with E-state index in [1.165, 1.54) is 44.7 Å². The van der Waals surface area contributed by atoms with Crippen LogP contribution in [0.1, 0.15) is 21.6 Å². The van der Waals surface area contributed by atoms with E-state index >= 15 is 0 Å². The normalized spacial score (nSPS) is 11.0. The van der Waals surface area contributed by atoms with Gasteiger partial charge in [0.05, 0.1) is 38.1 Å². The first-order chi connectivity index (χ1) is 12.2. The molecular formula is C17H15F3N2O4. The van der Waals surface area contributed by atoms with E-state index in [4.69, 9.17) is 4.74 Å². The molecule has 0 fully saturated rings. The summed E-state index contributed by atoms with van der Waals surface area (Å²) in [5.74, 6) is -1.26. The van der Waals surface area contributed by atoms with Crippen molar-refractivity contribution in [3.8, 4) is 5.75 Å². The monoisotopic (exact) mass is 368 g/mol. The molecule has 0 saturated carbocycles. The molecule has 0 atom stereocenters. The molecule has 0 radical (unpaired) electrons. The van der Waals surface area contributed by atoms with Crippen LogP contribution in [0.15, 0.2) is 36.5 Å². The largest absolute Gasteiger partial charge is 0.497 e. The second kappa shape index (κ2) is 7.85. The van der Waals surface area contributed by atoms with Gasteiger partial charge in [-0.2, -0.15) is 13.2 Å². The second-order valence-corrected chi connectivity index (χ2v) is 5.17. The standard InChI is InChI=1S/C17H15F3N2O4/c1-25-12-5-3-10(13(8-12)17(18,19)20)7-15(23)22-11-4-6-14(21-9-11)16(24)26-2/h3-6,8-9H,7H2,1-2H3,(H,22,23). The highest BCUT2D eigenvalue weighted by atomic mass is 19.4. The molecule has 0 aliphatic carbocycles. The zero-order chi connectivity index (χ0) is 19.3. The third-order valence-electron chi connectivity index (χ3n) is 3.42. The number of methoxy groups -OCH3 is 2. The van der Waals surface area contributed by atoms with E-state index in [9.17, 15) is 22.8 Å². The number of nitrogens with zero attached hydrogens (tertiary/aromatic N) is 1. The minimum absolute atomic E-state index is 0.0417. The van der Waals surface area contributed by atoms with Gasteiger partial charge in [0.2, 0.25) is 5.91 Å². The molecule has 0 saturated heterocycles. The second-order valence-electron chi connectivity index (χ2n) is 5.17. The summed E-state index contributed by atoms with van der Waals surface area (Å²) in [7, 11) is 2.46. The SMILES string of the molecule is COC(=O)c1ccc(NC(=O)Cc2ccc(OC)cc2C(F)(F)F)cn1. The van der Waals surface area contributed by atoms with Gasteiger partial charge in [-0.05, 0) is 29.8 Å². The third-order valence-corrected chi connectivity index (χ3v) is 3.42. The predicted molar refractivity (Wildman–Crippen MR) is 85.9 cm³/mol. The van der Waals surface area contributed by atoms with Crippen LogP contribution < -0.4 is 10.1 Å². The Labute approximate surface area is 146 Å². The van der Waals surface area contributed by atoms with Gasteiger partial charge < -0.3 is 14.8 Å². The van der Waals surface area contributed by atoms with Gasteiger partial charge in [-0.1, -0.05) is 6.07 Å². The summed E-state index contributed by atoms with van der Waals surface area (Å²) >= 11 is 0. The molecule has 1 amide bonds. The molecule has 2 rings (SSSR count). The summed E-state index contributed by atoms with van der Waals surface area (Å²) in [6, 6.07) is 6.12. The van der Waals surface area contributed by atoms with Gasteiger partial charge in [0.25, 0.3) is 0 Å². The van der Waals surface area contributed by atoms with Crippen molar-refractivity contribution in [2.24, 2.45) is 0 Å². The molecule has 1 N–H and O–H groups in total. The van der Waals surface area contributed by atoms with Crippen LogP contribution in [-0.4, -0.2) is 31.1 Å². The zero-order valence-electron chi connectivity index (χ0n) is 13.9. The maximum atomic E-state index is 13.2. The Morgan fingerprint density at radius 2 is 1.88 bits per heavy atom. The van der Waals surface area contributed by atoms with E-state index in [0.717, 1.165) is 6.07 Å². The number of amides is 1. The number of nitrogens with one attached hydrogen (secondary N) is 1. The van der Waals surface area contributed by atoms with Gasteiger partial charge in [0.15, 0.2) is 0 Å². The van der Waals surface area contributed by atoms with E-state index in [2.05, 4.69) is 15.0 Å². The Morgan fingerprint density at radius 3 is 2.42 bits per heavy atom. The maximum absolute atomic E-state index is 13.2. The molecule has 0 bridgehead atoms. The Morgan fingerprint density at radius 1 is 1.15 bits per heavy atom. The third kappa shape index (κ3) is 4.71. The van der Waals surface area contributed by atoms with Gasteiger partial charge in [-0.15, -0.1) is 0 Å². The average Bonchev–Trinajstić information content (AvgIpc) is 2.61. The average molecular weight is 368 g/mol. The fourth-order valence-corrected chi connectivity index (χ4v) is 2.17. The van der Waals surface area contributed by atoms with Crippen molar-refractivity contribution in [1.82, 2.24) is 4.98 Å². The van der Waals surface area contributed by atoms with Crippen molar-refractivity contribution < 1.29 is 32.2 Å². The van der Waals surface area contributed by atoms with Crippen molar-refractivity contribution in [2.75, 3.05) is 19.5 Å². The lowest BCUT2D eigenvalue weighted by Gasteiger charge is -2.14. The predicted octanol–water partition coefficient (Wildman–Crippen LogP) is 3.08. The first-order valence-corrected chi connectivity index (χ1v) is 7.33. The lowest BCUT2D eigenvalue weighted by atomic mass is 10.0. The maximum Gasteiger partial charge on any atom is 0.416 e. The van der Waals surface area contributed by atoms with E-state index in [-0.39, 0.29) is 22.7 Å². The highest BCUT2D eigenvalue weighted by Crippen LogP contribution is 2.34. The number of esters is 1. The molecule has 9 heteroatoms. The number of carbonyl (C=O) groups excluding carboxylic acids is 2. The number of hydrogen-bond donors (Lipinski definition) is 1. The Bertz CT molecular complexity index is 805.